The van der Waals surface area contributed by atoms with Crippen LogP contribution in [0.4, 0.5) is 5.82 Å². The lowest BCUT2D eigenvalue weighted by atomic mass is 10.00. The molecule has 0 saturated carbocycles. The Balaban J connectivity index is 1.53. The van der Waals surface area contributed by atoms with Crippen LogP contribution >= 0.6 is 0 Å². The molecule has 2 heterocycles. The zero-order chi connectivity index (χ0) is 19.5. The summed E-state index contributed by atoms with van der Waals surface area (Å²) in [4.78, 5) is 24.0. The molecule has 1 amide bonds. The number of aromatic nitrogens is 2. The van der Waals surface area contributed by atoms with E-state index < -0.39 is 0 Å². The summed E-state index contributed by atoms with van der Waals surface area (Å²) < 4.78 is 0. The topological polar surface area (TPSA) is 58.1 Å². The number of nitrogens with one attached hydrogen (secondary N) is 1. The molecule has 0 radical (unpaired) electrons. The van der Waals surface area contributed by atoms with Crippen LogP contribution in [0.15, 0.2) is 60.7 Å². The summed E-state index contributed by atoms with van der Waals surface area (Å²) in [6, 6.07) is 20.1. The van der Waals surface area contributed by atoms with Gasteiger partial charge in [-0.15, -0.1) is 0 Å². The van der Waals surface area contributed by atoms with Gasteiger partial charge in [-0.25, -0.2) is 9.97 Å². The summed E-state index contributed by atoms with van der Waals surface area (Å²) in [6.07, 6.45) is 0.978. The molecule has 0 spiro atoms. The molecule has 0 saturated heterocycles. The summed E-state index contributed by atoms with van der Waals surface area (Å²) in [5, 5.41) is 3.04. The lowest BCUT2D eigenvalue weighted by molar-refractivity contribution is 0.0934. The minimum atomic E-state index is -0.180. The molecule has 0 fully saturated rings. The van der Waals surface area contributed by atoms with Crippen LogP contribution in [0.25, 0.3) is 0 Å². The Kier molecular flexibility index (Phi) is 5.06. The largest absolute Gasteiger partial charge is 0.352 e. The first kappa shape index (κ1) is 18.2. The van der Waals surface area contributed by atoms with Gasteiger partial charge in [0.15, 0.2) is 0 Å². The van der Waals surface area contributed by atoms with E-state index >= 15 is 0 Å². The van der Waals surface area contributed by atoms with Crippen LogP contribution in [-0.4, -0.2) is 22.4 Å². The van der Waals surface area contributed by atoms with Crippen molar-refractivity contribution in [1.29, 1.82) is 0 Å². The highest BCUT2D eigenvalue weighted by Gasteiger charge is 2.20. The molecule has 1 aliphatic rings. The number of carbonyl (C=O) groups excluding carboxylic acids is 1. The van der Waals surface area contributed by atoms with Gasteiger partial charge in [-0.1, -0.05) is 54.6 Å². The Morgan fingerprint density at radius 2 is 1.75 bits per heavy atom. The lowest BCUT2D eigenvalue weighted by Gasteiger charge is -2.30. The van der Waals surface area contributed by atoms with Crippen LogP contribution in [0.1, 0.15) is 46.0 Å². The molecule has 1 atom stereocenters. The number of aryl methyl sites for hydroxylation is 1. The van der Waals surface area contributed by atoms with Gasteiger partial charge in [0.2, 0.25) is 0 Å². The Morgan fingerprint density at radius 1 is 1.04 bits per heavy atom. The molecule has 0 aliphatic carbocycles. The molecule has 1 unspecified atom stereocenters. The van der Waals surface area contributed by atoms with Crippen molar-refractivity contribution in [1.82, 2.24) is 15.3 Å². The molecule has 5 heteroatoms. The van der Waals surface area contributed by atoms with Crippen LogP contribution in [0.5, 0.6) is 0 Å². The number of carbonyl (C=O) groups is 1. The molecule has 3 aromatic rings. The average Bonchev–Trinajstić information content (AvgIpc) is 2.73. The maximum Gasteiger partial charge on any atom is 0.270 e. The van der Waals surface area contributed by atoms with E-state index in [4.69, 9.17) is 0 Å². The third-order valence-electron chi connectivity index (χ3n) is 5.16. The number of benzene rings is 2. The quantitative estimate of drug-likeness (QED) is 0.756. The van der Waals surface area contributed by atoms with Gasteiger partial charge >= 0.3 is 0 Å². The number of amides is 1. The van der Waals surface area contributed by atoms with Crippen molar-refractivity contribution >= 4 is 11.7 Å². The average molecular weight is 372 g/mol. The third-order valence-corrected chi connectivity index (χ3v) is 5.16. The van der Waals surface area contributed by atoms with Crippen molar-refractivity contribution in [3.8, 4) is 0 Å². The predicted molar refractivity (Wildman–Crippen MR) is 110 cm³/mol. The van der Waals surface area contributed by atoms with Crippen molar-refractivity contribution in [2.75, 3.05) is 11.4 Å². The van der Waals surface area contributed by atoms with E-state index in [1.54, 1.807) is 6.07 Å². The molecular weight excluding hydrogens is 348 g/mol. The molecule has 5 nitrogen and oxygen atoms in total. The van der Waals surface area contributed by atoms with Crippen LogP contribution in [-0.2, 0) is 13.0 Å². The number of hydrogen-bond acceptors (Lipinski definition) is 4. The van der Waals surface area contributed by atoms with Crippen LogP contribution < -0.4 is 10.2 Å². The Morgan fingerprint density at radius 3 is 2.54 bits per heavy atom. The molecular formula is C23H24N4O. The van der Waals surface area contributed by atoms with Crippen molar-refractivity contribution in [2.45, 2.75) is 32.9 Å². The lowest BCUT2D eigenvalue weighted by Crippen LogP contribution is -2.32. The Labute approximate surface area is 165 Å². The molecule has 1 aliphatic heterocycles. The third kappa shape index (κ3) is 3.88. The molecule has 4 rings (SSSR count). The molecule has 0 bridgehead atoms. The van der Waals surface area contributed by atoms with Gasteiger partial charge in [-0.3, -0.25) is 4.79 Å². The van der Waals surface area contributed by atoms with Gasteiger partial charge in [-0.05, 0) is 37.0 Å². The minimum absolute atomic E-state index is 0.0886. The summed E-state index contributed by atoms with van der Waals surface area (Å²) in [6.45, 7) is 5.49. The monoisotopic (exact) mass is 372 g/mol. The van der Waals surface area contributed by atoms with Crippen LogP contribution in [0.3, 0.4) is 0 Å². The van der Waals surface area contributed by atoms with Gasteiger partial charge in [0, 0.05) is 19.2 Å². The van der Waals surface area contributed by atoms with Crippen molar-refractivity contribution in [3.63, 3.8) is 0 Å². The van der Waals surface area contributed by atoms with E-state index in [0.717, 1.165) is 30.9 Å². The van der Waals surface area contributed by atoms with E-state index in [0.29, 0.717) is 11.5 Å². The normalized spacial score (nSPS) is 14.3. The van der Waals surface area contributed by atoms with E-state index in [9.17, 15) is 4.79 Å². The van der Waals surface area contributed by atoms with Gasteiger partial charge < -0.3 is 10.2 Å². The zero-order valence-electron chi connectivity index (χ0n) is 16.2. The highest BCUT2D eigenvalue weighted by molar-refractivity contribution is 5.93. The highest BCUT2D eigenvalue weighted by Crippen LogP contribution is 2.23. The number of nitrogens with zero attached hydrogens (tertiary/aromatic N) is 3. The number of hydrogen-bond donors (Lipinski definition) is 1. The van der Waals surface area contributed by atoms with Gasteiger partial charge in [-0.2, -0.15) is 0 Å². The smallest absolute Gasteiger partial charge is 0.270 e. The van der Waals surface area contributed by atoms with Crippen molar-refractivity contribution < 1.29 is 4.79 Å². The molecule has 2 aromatic carbocycles. The van der Waals surface area contributed by atoms with Crippen molar-refractivity contribution in [2.24, 2.45) is 0 Å². The standard InChI is InChI=1S/C23H24N4O/c1-16(18-8-4-3-5-9-18)24-23(28)21-14-22(26-17(2)25-21)27-13-12-19-10-6-7-11-20(19)15-27/h3-11,14,16H,12-13,15H2,1-2H3,(H,24,28). The fraction of sp³-hybridized carbons (Fsp3) is 0.261. The van der Waals surface area contributed by atoms with Crippen LogP contribution in [0, 0.1) is 6.92 Å². The molecule has 1 N–H and O–H groups in total. The first-order chi connectivity index (χ1) is 13.6. The summed E-state index contributed by atoms with van der Waals surface area (Å²) in [5.74, 6) is 1.23. The number of fused-ring (bicyclic) bond motifs is 1. The maximum absolute atomic E-state index is 12.8. The summed E-state index contributed by atoms with van der Waals surface area (Å²) in [7, 11) is 0. The summed E-state index contributed by atoms with van der Waals surface area (Å²) >= 11 is 0. The number of anilines is 1. The highest BCUT2D eigenvalue weighted by atomic mass is 16.1. The van der Waals surface area contributed by atoms with Gasteiger partial charge in [0.05, 0.1) is 6.04 Å². The first-order valence-electron chi connectivity index (χ1n) is 9.63. The first-order valence-corrected chi connectivity index (χ1v) is 9.63. The molecule has 28 heavy (non-hydrogen) atoms. The minimum Gasteiger partial charge on any atom is -0.352 e. The van der Waals surface area contributed by atoms with E-state index in [2.05, 4.69) is 44.5 Å². The summed E-state index contributed by atoms with van der Waals surface area (Å²) in [5.41, 5.74) is 4.17. The fourth-order valence-electron chi connectivity index (χ4n) is 3.62. The predicted octanol–water partition coefficient (Wildman–Crippen LogP) is 3.84. The van der Waals surface area contributed by atoms with Gasteiger partial charge in [0.25, 0.3) is 5.91 Å². The molecule has 1 aromatic heterocycles. The second-order valence-electron chi connectivity index (χ2n) is 7.20. The van der Waals surface area contributed by atoms with E-state index in [-0.39, 0.29) is 11.9 Å². The van der Waals surface area contributed by atoms with Crippen molar-refractivity contribution in [3.05, 3.63) is 88.9 Å². The Bertz CT molecular complexity index is 987. The fourth-order valence-corrected chi connectivity index (χ4v) is 3.62. The maximum atomic E-state index is 12.8. The van der Waals surface area contributed by atoms with Gasteiger partial charge in [0.1, 0.15) is 17.3 Å². The zero-order valence-corrected chi connectivity index (χ0v) is 16.2. The van der Waals surface area contributed by atoms with E-state index in [1.807, 2.05) is 44.2 Å². The molecule has 142 valence electrons. The number of rotatable bonds is 4. The SMILES string of the molecule is Cc1nc(C(=O)NC(C)c2ccccc2)cc(N2CCc3ccccc3C2)n1. The second-order valence-corrected chi connectivity index (χ2v) is 7.20. The van der Waals surface area contributed by atoms with Crippen LogP contribution in [0.2, 0.25) is 0 Å². The van der Waals surface area contributed by atoms with E-state index in [1.165, 1.54) is 11.1 Å². The Hall–Kier alpha value is -3.21. The second kappa shape index (κ2) is 7.80.